The summed E-state index contributed by atoms with van der Waals surface area (Å²) in [5.41, 5.74) is 1.04. The van der Waals surface area contributed by atoms with Crippen LogP contribution in [0.4, 0.5) is 0 Å². The molecule has 21 heavy (non-hydrogen) atoms. The number of hydrogen-bond donors (Lipinski definition) is 2. The maximum Gasteiger partial charge on any atom is 0.344 e. The van der Waals surface area contributed by atoms with Crippen LogP contribution in [0.2, 0.25) is 0 Å². The van der Waals surface area contributed by atoms with E-state index in [1.54, 1.807) is 0 Å². The monoisotopic (exact) mass is 293 g/mol. The van der Waals surface area contributed by atoms with E-state index in [1.165, 1.54) is 0 Å². The number of aliphatic carboxylic acids is 1. The molecule has 2 N–H and O–H groups in total. The van der Waals surface area contributed by atoms with Gasteiger partial charge in [-0.2, -0.15) is 0 Å². The Morgan fingerprint density at radius 2 is 1.95 bits per heavy atom. The lowest BCUT2D eigenvalue weighted by atomic mass is 10.0. The first-order valence-electron chi connectivity index (χ1n) is 7.85. The van der Waals surface area contributed by atoms with Crippen molar-refractivity contribution >= 4 is 5.97 Å². The second-order valence-electron chi connectivity index (χ2n) is 5.19. The largest absolute Gasteiger partial charge is 0.479 e. The van der Waals surface area contributed by atoms with Crippen LogP contribution in [0.1, 0.15) is 58.1 Å². The van der Waals surface area contributed by atoms with Crippen molar-refractivity contribution in [3.8, 4) is 5.75 Å². The molecule has 1 aromatic rings. The number of benzene rings is 1. The van der Waals surface area contributed by atoms with Crippen LogP contribution in [0.3, 0.4) is 0 Å². The van der Waals surface area contributed by atoms with Gasteiger partial charge in [0.1, 0.15) is 5.75 Å². The smallest absolute Gasteiger partial charge is 0.344 e. The molecule has 1 rings (SSSR count). The summed E-state index contributed by atoms with van der Waals surface area (Å²) >= 11 is 0. The minimum absolute atomic E-state index is 0.192. The molecule has 1 aromatic carbocycles. The van der Waals surface area contributed by atoms with Gasteiger partial charge >= 0.3 is 5.97 Å². The molecule has 0 radical (unpaired) electrons. The number of carbonyl (C=O) groups is 1. The zero-order chi connectivity index (χ0) is 15.7. The molecule has 0 amide bonds. The summed E-state index contributed by atoms with van der Waals surface area (Å²) < 4.78 is 5.77. The Hall–Kier alpha value is -1.55. The molecule has 118 valence electrons. The van der Waals surface area contributed by atoms with Crippen LogP contribution in [0.25, 0.3) is 0 Å². The molecular formula is C17H27NO3. The van der Waals surface area contributed by atoms with Crippen LogP contribution in [0.5, 0.6) is 5.75 Å². The van der Waals surface area contributed by atoms with Gasteiger partial charge in [0.25, 0.3) is 0 Å². The molecule has 0 aliphatic carbocycles. The lowest BCUT2D eigenvalue weighted by molar-refractivity contribution is -0.145. The van der Waals surface area contributed by atoms with E-state index in [0.717, 1.165) is 31.4 Å². The second kappa shape index (κ2) is 9.40. The molecule has 0 spiro atoms. The summed E-state index contributed by atoms with van der Waals surface area (Å²) in [7, 11) is 0. The van der Waals surface area contributed by atoms with Gasteiger partial charge in [-0.15, -0.1) is 0 Å². The first kappa shape index (κ1) is 17.5. The Morgan fingerprint density at radius 3 is 2.52 bits per heavy atom. The molecule has 0 saturated carbocycles. The van der Waals surface area contributed by atoms with E-state index in [0.29, 0.717) is 12.2 Å². The Morgan fingerprint density at radius 1 is 1.24 bits per heavy atom. The standard InChI is InChI=1S/C17H27NO3/c1-4-9-16(17(19)20)21-15-11-8-7-10-13(15)14(6-3)18-12-5-2/h7-8,10-11,14,16,18H,4-6,9,12H2,1-3H3,(H,19,20). The average molecular weight is 293 g/mol. The van der Waals surface area contributed by atoms with Gasteiger partial charge in [-0.1, -0.05) is 45.4 Å². The molecule has 4 nitrogen and oxygen atoms in total. The number of rotatable bonds is 10. The summed E-state index contributed by atoms with van der Waals surface area (Å²) in [6.45, 7) is 7.14. The van der Waals surface area contributed by atoms with E-state index >= 15 is 0 Å². The van der Waals surface area contributed by atoms with E-state index in [2.05, 4.69) is 19.2 Å². The van der Waals surface area contributed by atoms with Crippen molar-refractivity contribution in [1.29, 1.82) is 0 Å². The van der Waals surface area contributed by atoms with Gasteiger partial charge in [0.2, 0.25) is 0 Å². The van der Waals surface area contributed by atoms with E-state index in [9.17, 15) is 9.90 Å². The van der Waals surface area contributed by atoms with Crippen molar-refractivity contribution in [3.63, 3.8) is 0 Å². The van der Waals surface area contributed by atoms with Crippen molar-refractivity contribution in [2.45, 2.75) is 58.6 Å². The molecule has 0 saturated heterocycles. The summed E-state index contributed by atoms with van der Waals surface area (Å²) in [6, 6.07) is 7.91. The predicted octanol–water partition coefficient (Wildman–Crippen LogP) is 3.77. The molecule has 0 aliphatic rings. The van der Waals surface area contributed by atoms with E-state index in [-0.39, 0.29) is 6.04 Å². The number of carboxylic acid groups (broad SMARTS) is 1. The number of hydrogen-bond acceptors (Lipinski definition) is 3. The minimum Gasteiger partial charge on any atom is -0.479 e. The van der Waals surface area contributed by atoms with Crippen LogP contribution in [-0.4, -0.2) is 23.7 Å². The molecule has 4 heteroatoms. The fourth-order valence-electron chi connectivity index (χ4n) is 2.32. The fourth-order valence-corrected chi connectivity index (χ4v) is 2.32. The molecule has 0 aliphatic heterocycles. The number of ether oxygens (including phenoxy) is 1. The van der Waals surface area contributed by atoms with Crippen LogP contribution in [-0.2, 0) is 4.79 Å². The first-order valence-corrected chi connectivity index (χ1v) is 7.85. The number of para-hydroxylation sites is 1. The van der Waals surface area contributed by atoms with Crippen molar-refractivity contribution in [2.75, 3.05) is 6.54 Å². The molecular weight excluding hydrogens is 266 g/mol. The molecule has 0 fully saturated rings. The molecule has 0 heterocycles. The average Bonchev–Trinajstić information content (AvgIpc) is 2.48. The van der Waals surface area contributed by atoms with Crippen molar-refractivity contribution in [2.24, 2.45) is 0 Å². The lowest BCUT2D eigenvalue weighted by Gasteiger charge is -2.22. The summed E-state index contributed by atoms with van der Waals surface area (Å²) in [5, 5.41) is 12.7. The van der Waals surface area contributed by atoms with Gasteiger partial charge in [0, 0.05) is 11.6 Å². The molecule has 0 aromatic heterocycles. The highest BCUT2D eigenvalue weighted by atomic mass is 16.5. The quantitative estimate of drug-likeness (QED) is 0.689. The first-order chi connectivity index (χ1) is 10.1. The third-order valence-electron chi connectivity index (χ3n) is 3.44. The Labute approximate surface area is 127 Å². The third kappa shape index (κ3) is 5.38. The van der Waals surface area contributed by atoms with Gasteiger partial charge in [-0.05, 0) is 31.9 Å². The van der Waals surface area contributed by atoms with Gasteiger partial charge in [-0.3, -0.25) is 0 Å². The maximum absolute atomic E-state index is 11.3. The molecule has 2 unspecified atom stereocenters. The number of carboxylic acids is 1. The lowest BCUT2D eigenvalue weighted by Crippen LogP contribution is -2.28. The van der Waals surface area contributed by atoms with E-state index in [4.69, 9.17) is 4.74 Å². The number of nitrogens with one attached hydrogen (secondary N) is 1. The van der Waals surface area contributed by atoms with Gasteiger partial charge < -0.3 is 15.2 Å². The van der Waals surface area contributed by atoms with Crippen LogP contribution in [0.15, 0.2) is 24.3 Å². The Bertz CT molecular complexity index is 434. The third-order valence-corrected chi connectivity index (χ3v) is 3.44. The molecule has 0 bridgehead atoms. The zero-order valence-corrected chi connectivity index (χ0v) is 13.3. The highest BCUT2D eigenvalue weighted by Crippen LogP contribution is 2.28. The Balaban J connectivity index is 2.93. The van der Waals surface area contributed by atoms with Crippen LogP contribution < -0.4 is 10.1 Å². The zero-order valence-electron chi connectivity index (χ0n) is 13.3. The van der Waals surface area contributed by atoms with E-state index in [1.807, 2.05) is 31.2 Å². The minimum atomic E-state index is -0.902. The predicted molar refractivity (Wildman–Crippen MR) is 84.7 cm³/mol. The molecule has 2 atom stereocenters. The summed E-state index contributed by atoms with van der Waals surface area (Å²) in [4.78, 5) is 11.3. The Kier molecular flexibility index (Phi) is 7.83. The van der Waals surface area contributed by atoms with Crippen molar-refractivity contribution in [3.05, 3.63) is 29.8 Å². The SMILES string of the molecule is CCCNC(CC)c1ccccc1OC(CCC)C(=O)O. The van der Waals surface area contributed by atoms with Crippen molar-refractivity contribution < 1.29 is 14.6 Å². The second-order valence-corrected chi connectivity index (χ2v) is 5.19. The highest BCUT2D eigenvalue weighted by Gasteiger charge is 2.21. The van der Waals surface area contributed by atoms with E-state index < -0.39 is 12.1 Å². The topological polar surface area (TPSA) is 58.6 Å². The van der Waals surface area contributed by atoms with Gasteiger partial charge in [0.05, 0.1) is 0 Å². The maximum atomic E-state index is 11.3. The van der Waals surface area contributed by atoms with Gasteiger partial charge in [0.15, 0.2) is 6.10 Å². The normalized spacial score (nSPS) is 13.7. The fraction of sp³-hybridized carbons (Fsp3) is 0.588. The summed E-state index contributed by atoms with van der Waals surface area (Å²) in [6.07, 6.45) is 2.52. The van der Waals surface area contributed by atoms with Crippen LogP contribution >= 0.6 is 0 Å². The summed E-state index contributed by atoms with van der Waals surface area (Å²) in [5.74, 6) is -0.227. The van der Waals surface area contributed by atoms with Crippen LogP contribution in [0, 0.1) is 0 Å². The van der Waals surface area contributed by atoms with Gasteiger partial charge in [-0.25, -0.2) is 4.79 Å². The van der Waals surface area contributed by atoms with Crippen molar-refractivity contribution in [1.82, 2.24) is 5.32 Å². The highest BCUT2D eigenvalue weighted by molar-refractivity contribution is 5.72.